The van der Waals surface area contributed by atoms with Crippen LogP contribution in [0.25, 0.3) is 11.1 Å². The molecule has 2 aromatic carbocycles. The number of nitrogens with one attached hydrogen (secondary N) is 1. The number of hydrogen-bond donors (Lipinski definition) is 1. The Hall–Kier alpha value is -3.08. The first-order valence-electron chi connectivity index (χ1n) is 7.31. The van der Waals surface area contributed by atoms with Gasteiger partial charge in [0.25, 0.3) is 5.91 Å². The molecule has 0 unspecified atom stereocenters. The van der Waals surface area contributed by atoms with Gasteiger partial charge in [-0.15, -0.1) is 0 Å². The monoisotopic (exact) mass is 324 g/mol. The van der Waals surface area contributed by atoms with E-state index in [0.29, 0.717) is 11.1 Å². The fourth-order valence-corrected chi connectivity index (χ4v) is 2.35. The minimum Gasteiger partial charge on any atom is -0.319 e. The van der Waals surface area contributed by atoms with Gasteiger partial charge in [0, 0.05) is 23.5 Å². The topological polar surface area (TPSA) is 42.0 Å². The van der Waals surface area contributed by atoms with Gasteiger partial charge in [-0.05, 0) is 54.4 Å². The van der Waals surface area contributed by atoms with E-state index in [9.17, 15) is 13.6 Å². The maximum absolute atomic E-state index is 13.9. The van der Waals surface area contributed by atoms with Crippen molar-refractivity contribution in [3.05, 3.63) is 83.7 Å². The molecule has 0 aliphatic carbocycles. The summed E-state index contributed by atoms with van der Waals surface area (Å²) in [7, 11) is 0. The molecule has 5 heteroatoms. The predicted molar refractivity (Wildman–Crippen MR) is 88.7 cm³/mol. The summed E-state index contributed by atoms with van der Waals surface area (Å²) in [6, 6.07) is 11.9. The highest BCUT2D eigenvalue weighted by atomic mass is 19.1. The van der Waals surface area contributed by atoms with Crippen LogP contribution in [0.15, 0.2) is 60.9 Å². The van der Waals surface area contributed by atoms with E-state index in [1.165, 1.54) is 18.2 Å². The van der Waals surface area contributed by atoms with Crippen molar-refractivity contribution in [1.82, 2.24) is 4.98 Å². The molecule has 0 bridgehead atoms. The fourth-order valence-electron chi connectivity index (χ4n) is 2.35. The van der Waals surface area contributed by atoms with Crippen LogP contribution < -0.4 is 5.32 Å². The van der Waals surface area contributed by atoms with Gasteiger partial charge in [0.2, 0.25) is 0 Å². The molecule has 1 aromatic heterocycles. The van der Waals surface area contributed by atoms with Crippen LogP contribution >= 0.6 is 0 Å². The first kappa shape index (κ1) is 15.8. The molecule has 24 heavy (non-hydrogen) atoms. The third kappa shape index (κ3) is 3.46. The van der Waals surface area contributed by atoms with Crippen molar-refractivity contribution in [1.29, 1.82) is 0 Å². The molecule has 120 valence electrons. The summed E-state index contributed by atoms with van der Waals surface area (Å²) in [5, 5.41) is 2.48. The van der Waals surface area contributed by atoms with Crippen LogP contribution in [0.1, 0.15) is 15.9 Å². The largest absolute Gasteiger partial charge is 0.319 e. The minimum absolute atomic E-state index is 0.0622. The van der Waals surface area contributed by atoms with Gasteiger partial charge in [-0.1, -0.05) is 12.1 Å². The first-order chi connectivity index (χ1) is 11.5. The van der Waals surface area contributed by atoms with Gasteiger partial charge >= 0.3 is 0 Å². The van der Waals surface area contributed by atoms with Gasteiger partial charge in [0.05, 0.1) is 5.69 Å². The molecule has 1 amide bonds. The van der Waals surface area contributed by atoms with Crippen LogP contribution in [-0.4, -0.2) is 10.9 Å². The number of aryl methyl sites for hydroxylation is 1. The van der Waals surface area contributed by atoms with Gasteiger partial charge in [-0.25, -0.2) is 8.78 Å². The van der Waals surface area contributed by atoms with Gasteiger partial charge < -0.3 is 5.32 Å². The molecular formula is C19H14F2N2O. The molecule has 0 atom stereocenters. The number of benzene rings is 2. The average molecular weight is 324 g/mol. The smallest absolute Gasteiger partial charge is 0.255 e. The Morgan fingerprint density at radius 3 is 2.62 bits per heavy atom. The van der Waals surface area contributed by atoms with Crippen LogP contribution in [0, 0.1) is 18.6 Å². The number of aromatic nitrogens is 1. The Balaban J connectivity index is 1.93. The molecule has 0 aliphatic heterocycles. The van der Waals surface area contributed by atoms with E-state index in [1.807, 2.05) is 0 Å². The maximum atomic E-state index is 13.9. The lowest BCUT2D eigenvalue weighted by atomic mass is 10.0. The highest BCUT2D eigenvalue weighted by Crippen LogP contribution is 2.22. The number of rotatable bonds is 3. The highest BCUT2D eigenvalue weighted by Gasteiger charge is 2.12. The maximum Gasteiger partial charge on any atom is 0.255 e. The number of amides is 1. The third-order valence-corrected chi connectivity index (χ3v) is 3.52. The number of nitrogens with zero attached hydrogens (tertiary/aromatic N) is 1. The van der Waals surface area contributed by atoms with Crippen molar-refractivity contribution in [3.8, 4) is 11.1 Å². The Bertz CT molecular complexity index is 895. The molecule has 0 aliphatic rings. The molecule has 0 saturated carbocycles. The number of halogens is 2. The summed E-state index contributed by atoms with van der Waals surface area (Å²) in [5.41, 5.74) is 2.19. The Labute approximate surface area is 138 Å². The lowest BCUT2D eigenvalue weighted by molar-refractivity contribution is 0.102. The van der Waals surface area contributed by atoms with Crippen LogP contribution in [0.4, 0.5) is 14.5 Å². The molecule has 0 spiro atoms. The highest BCUT2D eigenvalue weighted by molar-refractivity contribution is 6.05. The SMILES string of the molecule is Cc1ccc(F)c(NC(=O)c2cc(F)cc(-c3cccnc3)c2)c1. The number of anilines is 1. The number of carbonyl (C=O) groups excluding carboxylic acids is 1. The number of carbonyl (C=O) groups is 1. The van der Waals surface area contributed by atoms with E-state index in [0.717, 1.165) is 11.6 Å². The van der Waals surface area contributed by atoms with Crippen molar-refractivity contribution in [2.45, 2.75) is 6.92 Å². The van der Waals surface area contributed by atoms with Crippen molar-refractivity contribution in [3.63, 3.8) is 0 Å². The molecule has 0 fully saturated rings. The normalized spacial score (nSPS) is 10.5. The number of pyridine rings is 1. The van der Waals surface area contributed by atoms with Crippen LogP contribution in [0.2, 0.25) is 0 Å². The molecule has 1 heterocycles. The molecular weight excluding hydrogens is 310 g/mol. The summed E-state index contributed by atoms with van der Waals surface area (Å²) >= 11 is 0. The standard InChI is InChI=1S/C19H14F2N2O/c1-12-4-5-17(21)18(7-12)23-19(24)15-8-14(9-16(20)10-15)13-3-2-6-22-11-13/h2-11H,1H3,(H,23,24). The van der Waals surface area contributed by atoms with Crippen molar-refractivity contribution in [2.75, 3.05) is 5.32 Å². The summed E-state index contributed by atoms with van der Waals surface area (Å²) in [4.78, 5) is 16.3. The zero-order valence-corrected chi connectivity index (χ0v) is 12.9. The van der Waals surface area contributed by atoms with E-state index < -0.39 is 17.5 Å². The summed E-state index contributed by atoms with van der Waals surface area (Å²) in [5.74, 6) is -1.67. The lowest BCUT2D eigenvalue weighted by Crippen LogP contribution is -2.13. The Morgan fingerprint density at radius 1 is 1.04 bits per heavy atom. The van der Waals surface area contributed by atoms with Crippen LogP contribution in [-0.2, 0) is 0 Å². The molecule has 0 radical (unpaired) electrons. The lowest BCUT2D eigenvalue weighted by Gasteiger charge is -2.09. The zero-order valence-electron chi connectivity index (χ0n) is 12.9. The molecule has 3 aromatic rings. The van der Waals surface area contributed by atoms with E-state index >= 15 is 0 Å². The van der Waals surface area contributed by atoms with Crippen LogP contribution in [0.5, 0.6) is 0 Å². The predicted octanol–water partition coefficient (Wildman–Crippen LogP) is 4.59. The fraction of sp³-hybridized carbons (Fsp3) is 0.0526. The minimum atomic E-state index is -0.579. The molecule has 3 rings (SSSR count). The second-order valence-electron chi connectivity index (χ2n) is 5.41. The van der Waals surface area contributed by atoms with E-state index in [1.54, 1.807) is 43.6 Å². The van der Waals surface area contributed by atoms with Crippen molar-refractivity contribution in [2.24, 2.45) is 0 Å². The summed E-state index contributed by atoms with van der Waals surface area (Å²) in [6.07, 6.45) is 3.19. The second-order valence-corrected chi connectivity index (χ2v) is 5.41. The van der Waals surface area contributed by atoms with Crippen LogP contribution in [0.3, 0.4) is 0 Å². The van der Waals surface area contributed by atoms with Gasteiger partial charge in [-0.3, -0.25) is 9.78 Å². The summed E-state index contributed by atoms with van der Waals surface area (Å²) in [6.45, 7) is 1.79. The van der Waals surface area contributed by atoms with E-state index in [-0.39, 0.29) is 11.3 Å². The molecule has 0 saturated heterocycles. The third-order valence-electron chi connectivity index (χ3n) is 3.52. The summed E-state index contributed by atoms with van der Waals surface area (Å²) < 4.78 is 27.7. The Morgan fingerprint density at radius 2 is 1.88 bits per heavy atom. The molecule has 3 nitrogen and oxygen atoms in total. The Kier molecular flexibility index (Phi) is 4.33. The van der Waals surface area contributed by atoms with E-state index in [4.69, 9.17) is 0 Å². The zero-order chi connectivity index (χ0) is 17.1. The van der Waals surface area contributed by atoms with Crippen molar-refractivity contribution >= 4 is 11.6 Å². The van der Waals surface area contributed by atoms with Crippen molar-refractivity contribution < 1.29 is 13.6 Å². The number of hydrogen-bond acceptors (Lipinski definition) is 2. The van der Waals surface area contributed by atoms with Gasteiger partial charge in [-0.2, -0.15) is 0 Å². The van der Waals surface area contributed by atoms with E-state index in [2.05, 4.69) is 10.3 Å². The first-order valence-corrected chi connectivity index (χ1v) is 7.31. The van der Waals surface area contributed by atoms with Gasteiger partial charge in [0.15, 0.2) is 0 Å². The quantitative estimate of drug-likeness (QED) is 0.766. The molecule has 1 N–H and O–H groups in total. The second kappa shape index (κ2) is 6.58. The van der Waals surface area contributed by atoms with Gasteiger partial charge in [0.1, 0.15) is 11.6 Å². The average Bonchev–Trinajstić information content (AvgIpc) is 2.58.